The molecule has 0 bridgehead atoms. The van der Waals surface area contributed by atoms with Gasteiger partial charge in [0.05, 0.1) is 6.10 Å². The first-order valence-electron chi connectivity index (χ1n) is 3.93. The summed E-state index contributed by atoms with van der Waals surface area (Å²) in [4.78, 5) is 12.6. The van der Waals surface area contributed by atoms with Crippen LogP contribution in [-0.2, 0) is 9.53 Å². The number of ether oxygens (including phenoxy) is 1. The molecule has 1 rings (SSSR count). The fourth-order valence-corrected chi connectivity index (χ4v) is 1.26. The van der Waals surface area contributed by atoms with E-state index in [4.69, 9.17) is 4.74 Å². The quantitative estimate of drug-likeness (QED) is 0.584. The Balaban J connectivity index is 2.23. The van der Waals surface area contributed by atoms with Gasteiger partial charge in [0.25, 0.3) is 0 Å². The smallest absolute Gasteiger partial charge is 0.219 e. The monoisotopic (exact) mass is 157 g/mol. The van der Waals surface area contributed by atoms with Gasteiger partial charge in [-0.05, 0) is 6.92 Å². The summed E-state index contributed by atoms with van der Waals surface area (Å²) in [6, 6.07) is 0. The van der Waals surface area contributed by atoms with Crippen molar-refractivity contribution < 1.29 is 9.53 Å². The summed E-state index contributed by atoms with van der Waals surface area (Å²) in [6.45, 7) is 5.38. The summed E-state index contributed by atoms with van der Waals surface area (Å²) in [7, 11) is 1.71. The van der Waals surface area contributed by atoms with Gasteiger partial charge in [-0.25, -0.2) is 0 Å². The molecule has 0 aromatic carbocycles. The molecule has 0 aromatic rings. The predicted molar refractivity (Wildman–Crippen MR) is 42.2 cm³/mol. The molecular formula is C8H15NO2. The number of likely N-dealkylation sites (tertiary alicyclic amines) is 1. The molecule has 1 unspecified atom stereocenters. The van der Waals surface area contributed by atoms with E-state index in [2.05, 4.69) is 0 Å². The molecule has 1 aliphatic heterocycles. The van der Waals surface area contributed by atoms with Crippen molar-refractivity contribution in [3.63, 3.8) is 0 Å². The predicted octanol–water partition coefficient (Wildman–Crippen LogP) is 0.500. The summed E-state index contributed by atoms with van der Waals surface area (Å²) in [6.07, 6.45) is 0.283. The molecule has 0 radical (unpaired) electrons. The van der Waals surface area contributed by atoms with Gasteiger partial charge in [0, 0.05) is 33.0 Å². The minimum Gasteiger partial charge on any atom is -0.381 e. The third-order valence-electron chi connectivity index (χ3n) is 2.39. The Morgan fingerprint density at radius 2 is 2.18 bits per heavy atom. The van der Waals surface area contributed by atoms with E-state index < -0.39 is 0 Å². The summed E-state index contributed by atoms with van der Waals surface area (Å²) < 4.78 is 5.14. The molecule has 3 heteroatoms. The second-order valence-corrected chi connectivity index (χ2v) is 3.12. The zero-order valence-electron chi connectivity index (χ0n) is 7.33. The number of hydrogen-bond acceptors (Lipinski definition) is 2. The van der Waals surface area contributed by atoms with E-state index in [0.717, 1.165) is 13.1 Å². The van der Waals surface area contributed by atoms with Gasteiger partial charge in [-0.15, -0.1) is 0 Å². The third-order valence-corrected chi connectivity index (χ3v) is 2.39. The molecular weight excluding hydrogens is 142 g/mol. The minimum atomic E-state index is 0.171. The van der Waals surface area contributed by atoms with Crippen LogP contribution >= 0.6 is 0 Å². The Hall–Kier alpha value is -0.570. The normalized spacial score (nSPS) is 21.2. The Morgan fingerprint density at radius 1 is 1.64 bits per heavy atom. The van der Waals surface area contributed by atoms with Crippen LogP contribution in [0.25, 0.3) is 0 Å². The summed E-state index contributed by atoms with van der Waals surface area (Å²) in [5.74, 6) is 0.716. The zero-order valence-corrected chi connectivity index (χ0v) is 7.33. The number of rotatable bonds is 2. The summed E-state index contributed by atoms with van der Waals surface area (Å²) >= 11 is 0. The van der Waals surface area contributed by atoms with E-state index in [1.807, 2.05) is 11.8 Å². The van der Waals surface area contributed by atoms with Crippen LogP contribution in [0.1, 0.15) is 13.8 Å². The largest absolute Gasteiger partial charge is 0.381 e. The van der Waals surface area contributed by atoms with Crippen molar-refractivity contribution in [1.82, 2.24) is 4.90 Å². The molecule has 0 aliphatic carbocycles. The molecule has 3 nitrogen and oxygen atoms in total. The molecule has 64 valence electrons. The zero-order chi connectivity index (χ0) is 8.43. The Labute approximate surface area is 67.3 Å². The van der Waals surface area contributed by atoms with Crippen molar-refractivity contribution in [2.24, 2.45) is 5.92 Å². The van der Waals surface area contributed by atoms with E-state index in [1.54, 1.807) is 14.0 Å². The lowest BCUT2D eigenvalue weighted by molar-refractivity contribution is -0.138. The molecule has 0 saturated carbocycles. The molecule has 11 heavy (non-hydrogen) atoms. The lowest BCUT2D eigenvalue weighted by Gasteiger charge is -2.41. The Kier molecular flexibility index (Phi) is 2.49. The van der Waals surface area contributed by atoms with Crippen molar-refractivity contribution in [3.8, 4) is 0 Å². The molecule has 1 heterocycles. The van der Waals surface area contributed by atoms with Crippen molar-refractivity contribution >= 4 is 5.91 Å². The van der Waals surface area contributed by atoms with Gasteiger partial charge in [0.15, 0.2) is 0 Å². The highest BCUT2D eigenvalue weighted by molar-refractivity contribution is 5.74. The Bertz CT molecular complexity index is 152. The van der Waals surface area contributed by atoms with Crippen LogP contribution < -0.4 is 0 Å². The molecule has 1 amide bonds. The lowest BCUT2D eigenvalue weighted by Crippen LogP contribution is -2.53. The Morgan fingerprint density at radius 3 is 2.55 bits per heavy atom. The molecule has 1 fully saturated rings. The molecule has 0 spiro atoms. The maximum absolute atomic E-state index is 10.8. The van der Waals surface area contributed by atoms with Crippen LogP contribution in [0.3, 0.4) is 0 Å². The van der Waals surface area contributed by atoms with E-state index in [-0.39, 0.29) is 12.0 Å². The number of methoxy groups -OCH3 is 1. The van der Waals surface area contributed by atoms with Crippen molar-refractivity contribution in [2.75, 3.05) is 20.2 Å². The van der Waals surface area contributed by atoms with E-state index in [9.17, 15) is 4.79 Å². The van der Waals surface area contributed by atoms with Crippen LogP contribution in [0.15, 0.2) is 0 Å². The van der Waals surface area contributed by atoms with Crippen molar-refractivity contribution in [2.45, 2.75) is 20.0 Å². The average Bonchev–Trinajstić information content (AvgIpc) is 1.83. The van der Waals surface area contributed by atoms with E-state index in [1.165, 1.54) is 0 Å². The van der Waals surface area contributed by atoms with Crippen LogP contribution in [0.4, 0.5) is 0 Å². The summed E-state index contributed by atoms with van der Waals surface area (Å²) in [5, 5.41) is 0. The first-order valence-corrected chi connectivity index (χ1v) is 3.93. The van der Waals surface area contributed by atoms with Crippen LogP contribution in [-0.4, -0.2) is 37.1 Å². The van der Waals surface area contributed by atoms with Gasteiger partial charge in [-0.1, -0.05) is 0 Å². The van der Waals surface area contributed by atoms with Gasteiger partial charge in [-0.2, -0.15) is 0 Å². The van der Waals surface area contributed by atoms with Crippen LogP contribution in [0, 0.1) is 5.92 Å². The second kappa shape index (κ2) is 3.22. The maximum atomic E-state index is 10.8. The van der Waals surface area contributed by atoms with E-state index >= 15 is 0 Å². The number of carbonyl (C=O) groups is 1. The fourth-order valence-electron chi connectivity index (χ4n) is 1.26. The van der Waals surface area contributed by atoms with Gasteiger partial charge >= 0.3 is 0 Å². The standard InChI is InChI=1S/C8H15NO2/c1-6(11-3)8-4-9(5-8)7(2)10/h6,8H,4-5H2,1-3H3. The number of amides is 1. The van der Waals surface area contributed by atoms with Gasteiger partial charge in [-0.3, -0.25) is 4.79 Å². The third kappa shape index (κ3) is 1.71. The lowest BCUT2D eigenvalue weighted by atomic mass is 9.95. The molecule has 1 saturated heterocycles. The fraction of sp³-hybridized carbons (Fsp3) is 0.875. The molecule has 0 aromatic heterocycles. The van der Waals surface area contributed by atoms with E-state index in [0.29, 0.717) is 5.92 Å². The highest BCUT2D eigenvalue weighted by atomic mass is 16.5. The highest BCUT2D eigenvalue weighted by Crippen LogP contribution is 2.20. The van der Waals surface area contributed by atoms with Crippen LogP contribution in [0.2, 0.25) is 0 Å². The number of hydrogen-bond donors (Lipinski definition) is 0. The average molecular weight is 157 g/mol. The summed E-state index contributed by atoms with van der Waals surface area (Å²) in [5.41, 5.74) is 0. The van der Waals surface area contributed by atoms with Crippen molar-refractivity contribution in [3.05, 3.63) is 0 Å². The van der Waals surface area contributed by atoms with Gasteiger partial charge < -0.3 is 9.64 Å². The molecule has 1 aliphatic rings. The topological polar surface area (TPSA) is 29.5 Å². The molecule has 1 atom stereocenters. The van der Waals surface area contributed by atoms with Gasteiger partial charge in [0.2, 0.25) is 5.91 Å². The SMILES string of the molecule is COC(C)C1CN(C(C)=O)C1. The highest BCUT2D eigenvalue weighted by Gasteiger charge is 2.32. The van der Waals surface area contributed by atoms with Crippen LogP contribution in [0.5, 0.6) is 0 Å². The number of carbonyl (C=O) groups excluding carboxylic acids is 1. The minimum absolute atomic E-state index is 0.171. The number of nitrogens with zero attached hydrogens (tertiary/aromatic N) is 1. The van der Waals surface area contributed by atoms with Crippen molar-refractivity contribution in [1.29, 1.82) is 0 Å². The maximum Gasteiger partial charge on any atom is 0.219 e. The second-order valence-electron chi connectivity index (χ2n) is 3.12. The first-order chi connectivity index (χ1) is 5.15. The van der Waals surface area contributed by atoms with Gasteiger partial charge in [0.1, 0.15) is 0 Å². The molecule has 0 N–H and O–H groups in total. The first kappa shape index (κ1) is 8.53.